The molecule has 0 radical (unpaired) electrons. The Bertz CT molecular complexity index is 145. The molecule has 2 nitrogen and oxygen atoms in total. The lowest BCUT2D eigenvalue weighted by Gasteiger charge is -2.01. The molecule has 0 spiro atoms. The second kappa shape index (κ2) is 2.52. The molecule has 2 heteroatoms. The molecule has 0 bridgehead atoms. The van der Waals surface area contributed by atoms with Crippen molar-refractivity contribution in [2.24, 2.45) is 0 Å². The van der Waals surface area contributed by atoms with E-state index in [0.717, 1.165) is 5.57 Å². The summed E-state index contributed by atoms with van der Waals surface area (Å²) in [4.78, 5) is 0. The number of ether oxygens (including phenoxy) is 2. The van der Waals surface area contributed by atoms with Crippen LogP contribution in [-0.4, -0.2) is 12.2 Å². The third-order valence-electron chi connectivity index (χ3n) is 1.66. The van der Waals surface area contributed by atoms with Gasteiger partial charge in [-0.15, -0.1) is 0 Å². The van der Waals surface area contributed by atoms with Gasteiger partial charge >= 0.3 is 0 Å². The van der Waals surface area contributed by atoms with E-state index in [-0.39, 0.29) is 12.2 Å². The summed E-state index contributed by atoms with van der Waals surface area (Å²) in [6.45, 7) is 8.00. The Hall–Kier alpha value is -0.660. The molecule has 0 aromatic heterocycles. The number of rotatable bonds is 0. The van der Waals surface area contributed by atoms with E-state index in [2.05, 4.69) is 0 Å². The predicted molar refractivity (Wildman–Crippen MR) is 39.5 cm³/mol. The third-order valence-corrected chi connectivity index (χ3v) is 1.66. The third kappa shape index (κ3) is 1.25. The number of hydrogen-bond acceptors (Lipinski definition) is 2. The zero-order valence-electron chi connectivity index (χ0n) is 6.97. The molecular weight excluding hydrogens is 128 g/mol. The van der Waals surface area contributed by atoms with Gasteiger partial charge in [-0.05, 0) is 27.7 Å². The zero-order chi connectivity index (χ0) is 7.72. The number of allylic oxidation sites excluding steroid dienone is 1. The van der Waals surface area contributed by atoms with E-state index < -0.39 is 0 Å². The lowest BCUT2D eigenvalue weighted by Crippen LogP contribution is -2.13. The molecule has 0 aromatic rings. The second-order valence-corrected chi connectivity index (χ2v) is 2.93. The van der Waals surface area contributed by atoms with Crippen LogP contribution in [0.1, 0.15) is 27.7 Å². The highest BCUT2D eigenvalue weighted by Gasteiger charge is 2.26. The van der Waals surface area contributed by atoms with Crippen LogP contribution in [0.15, 0.2) is 11.5 Å². The molecule has 10 heavy (non-hydrogen) atoms. The molecular formula is C8H14O2. The van der Waals surface area contributed by atoms with Gasteiger partial charge in [0.25, 0.3) is 5.95 Å². The monoisotopic (exact) mass is 142 g/mol. The van der Waals surface area contributed by atoms with Crippen LogP contribution in [0.4, 0.5) is 0 Å². The topological polar surface area (TPSA) is 18.5 Å². The highest BCUT2D eigenvalue weighted by Crippen LogP contribution is 2.23. The van der Waals surface area contributed by atoms with E-state index in [1.807, 2.05) is 27.7 Å². The minimum atomic E-state index is 0.199. The predicted octanol–water partition coefficient (Wildman–Crippen LogP) is 2.06. The Morgan fingerprint density at radius 1 is 1.10 bits per heavy atom. The van der Waals surface area contributed by atoms with Crippen LogP contribution >= 0.6 is 0 Å². The normalized spacial score (nSPS) is 31.4. The Balaban J connectivity index is 2.66. The van der Waals surface area contributed by atoms with Gasteiger partial charge in [0.1, 0.15) is 12.2 Å². The van der Waals surface area contributed by atoms with Crippen molar-refractivity contribution in [1.82, 2.24) is 0 Å². The molecule has 0 saturated carbocycles. The minimum Gasteiger partial charge on any atom is -0.459 e. The van der Waals surface area contributed by atoms with Gasteiger partial charge in [-0.25, -0.2) is 0 Å². The average Bonchev–Trinajstić information content (AvgIpc) is 2.13. The molecule has 1 rings (SSSR count). The van der Waals surface area contributed by atoms with Gasteiger partial charge in [0.15, 0.2) is 0 Å². The molecule has 1 aliphatic heterocycles. The van der Waals surface area contributed by atoms with Crippen LogP contribution in [-0.2, 0) is 9.47 Å². The summed E-state index contributed by atoms with van der Waals surface area (Å²) < 4.78 is 10.8. The molecule has 0 unspecified atom stereocenters. The summed E-state index contributed by atoms with van der Waals surface area (Å²) in [7, 11) is 0. The van der Waals surface area contributed by atoms with Crippen LogP contribution in [0.25, 0.3) is 0 Å². The van der Waals surface area contributed by atoms with E-state index >= 15 is 0 Å². The number of hydrogen-bond donors (Lipinski definition) is 0. The van der Waals surface area contributed by atoms with Gasteiger partial charge in [-0.1, -0.05) is 0 Å². The van der Waals surface area contributed by atoms with E-state index in [1.165, 1.54) is 0 Å². The molecule has 0 aromatic carbocycles. The lowest BCUT2D eigenvalue weighted by atomic mass is 10.3. The largest absolute Gasteiger partial charge is 0.459 e. The summed E-state index contributed by atoms with van der Waals surface area (Å²) in [6, 6.07) is 0. The quantitative estimate of drug-likeness (QED) is 0.515. The zero-order valence-corrected chi connectivity index (χ0v) is 6.97. The van der Waals surface area contributed by atoms with Gasteiger partial charge in [-0.3, -0.25) is 0 Å². The van der Waals surface area contributed by atoms with Crippen LogP contribution in [0, 0.1) is 0 Å². The summed E-state index contributed by atoms with van der Waals surface area (Å²) in [5, 5.41) is 0. The second-order valence-electron chi connectivity index (χ2n) is 2.93. The van der Waals surface area contributed by atoms with Crippen molar-refractivity contribution in [2.45, 2.75) is 39.9 Å². The summed E-state index contributed by atoms with van der Waals surface area (Å²) in [5.41, 5.74) is 1.11. The Morgan fingerprint density at radius 2 is 1.50 bits per heavy atom. The van der Waals surface area contributed by atoms with Gasteiger partial charge < -0.3 is 9.47 Å². The smallest absolute Gasteiger partial charge is 0.278 e. The van der Waals surface area contributed by atoms with Crippen molar-refractivity contribution in [1.29, 1.82) is 0 Å². The summed E-state index contributed by atoms with van der Waals surface area (Å²) in [6.07, 6.45) is 0.398. The minimum absolute atomic E-state index is 0.199. The first-order valence-corrected chi connectivity index (χ1v) is 3.62. The first kappa shape index (κ1) is 7.45. The maximum absolute atomic E-state index is 5.39. The van der Waals surface area contributed by atoms with Crippen LogP contribution in [0.2, 0.25) is 0 Å². The maximum Gasteiger partial charge on any atom is 0.278 e. The van der Waals surface area contributed by atoms with Crippen LogP contribution in [0.3, 0.4) is 0 Å². The molecule has 1 heterocycles. The van der Waals surface area contributed by atoms with E-state index in [0.29, 0.717) is 5.95 Å². The standard InChI is InChI=1S/C8H14O2/c1-5(2)8-9-6(3)7(4)10-8/h6-7H,1-4H3/t6-,7-/m1/s1. The Labute approximate surface area is 61.8 Å². The van der Waals surface area contributed by atoms with Gasteiger partial charge in [0.2, 0.25) is 0 Å². The lowest BCUT2D eigenvalue weighted by molar-refractivity contribution is 0.140. The molecule has 1 fully saturated rings. The van der Waals surface area contributed by atoms with Crippen molar-refractivity contribution >= 4 is 0 Å². The molecule has 58 valence electrons. The van der Waals surface area contributed by atoms with Gasteiger partial charge in [-0.2, -0.15) is 0 Å². The first-order chi connectivity index (χ1) is 4.61. The van der Waals surface area contributed by atoms with E-state index in [4.69, 9.17) is 9.47 Å². The first-order valence-electron chi connectivity index (χ1n) is 3.62. The van der Waals surface area contributed by atoms with E-state index in [1.54, 1.807) is 0 Å². The molecule has 0 aliphatic carbocycles. The van der Waals surface area contributed by atoms with E-state index in [9.17, 15) is 0 Å². The van der Waals surface area contributed by atoms with Crippen LogP contribution in [0.5, 0.6) is 0 Å². The van der Waals surface area contributed by atoms with Crippen molar-refractivity contribution in [3.05, 3.63) is 11.5 Å². The van der Waals surface area contributed by atoms with Crippen molar-refractivity contribution in [3.63, 3.8) is 0 Å². The van der Waals surface area contributed by atoms with Crippen molar-refractivity contribution in [2.75, 3.05) is 0 Å². The molecule has 2 atom stereocenters. The highest BCUT2D eigenvalue weighted by molar-refractivity contribution is 4.99. The SMILES string of the molecule is CC(C)=C1O[C@H](C)[C@@H](C)O1. The summed E-state index contributed by atoms with van der Waals surface area (Å²) in [5.74, 6) is 0.708. The molecule has 0 N–H and O–H groups in total. The fraction of sp³-hybridized carbons (Fsp3) is 0.750. The average molecular weight is 142 g/mol. The fourth-order valence-corrected chi connectivity index (χ4v) is 0.793. The van der Waals surface area contributed by atoms with Gasteiger partial charge in [0, 0.05) is 5.57 Å². The maximum atomic E-state index is 5.39. The van der Waals surface area contributed by atoms with Crippen LogP contribution < -0.4 is 0 Å². The van der Waals surface area contributed by atoms with Crippen molar-refractivity contribution < 1.29 is 9.47 Å². The van der Waals surface area contributed by atoms with Gasteiger partial charge in [0.05, 0.1) is 0 Å². The molecule has 0 amide bonds. The Morgan fingerprint density at radius 3 is 1.70 bits per heavy atom. The Kier molecular flexibility index (Phi) is 1.88. The fourth-order valence-electron chi connectivity index (χ4n) is 0.793. The van der Waals surface area contributed by atoms with Crippen molar-refractivity contribution in [3.8, 4) is 0 Å². The molecule has 1 saturated heterocycles. The molecule has 1 aliphatic rings. The summed E-state index contributed by atoms with van der Waals surface area (Å²) >= 11 is 0. The highest BCUT2D eigenvalue weighted by atomic mass is 16.7.